The first kappa shape index (κ1) is 15.5. The van der Waals surface area contributed by atoms with E-state index in [1.165, 1.54) is 5.56 Å². The van der Waals surface area contributed by atoms with Crippen molar-refractivity contribution in [1.82, 2.24) is 0 Å². The Kier molecular flexibility index (Phi) is 5.12. The summed E-state index contributed by atoms with van der Waals surface area (Å²) < 4.78 is 0. The van der Waals surface area contributed by atoms with Crippen molar-refractivity contribution in [1.29, 1.82) is 10.5 Å². The van der Waals surface area contributed by atoms with Crippen molar-refractivity contribution >= 4 is 6.08 Å². The van der Waals surface area contributed by atoms with Gasteiger partial charge in [0, 0.05) is 11.5 Å². The number of nitrogens with zero attached hydrogens (tertiary/aromatic N) is 2. The molecule has 0 heterocycles. The van der Waals surface area contributed by atoms with Gasteiger partial charge in [0.15, 0.2) is 0 Å². The molecule has 0 saturated heterocycles. The third-order valence-electron chi connectivity index (χ3n) is 3.52. The summed E-state index contributed by atoms with van der Waals surface area (Å²) in [6.45, 7) is 3.73. The van der Waals surface area contributed by atoms with E-state index in [1.54, 1.807) is 6.92 Å². The van der Waals surface area contributed by atoms with Crippen LogP contribution in [-0.2, 0) is 6.42 Å². The van der Waals surface area contributed by atoms with Crippen LogP contribution in [0.5, 0.6) is 0 Å². The van der Waals surface area contributed by atoms with Crippen molar-refractivity contribution in [3.8, 4) is 23.3 Å². The molecule has 2 heteroatoms. The van der Waals surface area contributed by atoms with E-state index in [0.717, 1.165) is 23.1 Å². The van der Waals surface area contributed by atoms with Gasteiger partial charge in [-0.25, -0.2) is 0 Å². The molecular weight excluding hydrogens is 268 g/mol. The van der Waals surface area contributed by atoms with Crippen LogP contribution in [0.2, 0.25) is 0 Å². The molecule has 2 nitrogen and oxygen atoms in total. The highest BCUT2D eigenvalue weighted by molar-refractivity contribution is 5.66. The molecule has 2 aromatic carbocycles. The van der Waals surface area contributed by atoms with E-state index in [4.69, 9.17) is 10.5 Å². The van der Waals surface area contributed by atoms with Gasteiger partial charge >= 0.3 is 0 Å². The zero-order valence-corrected chi connectivity index (χ0v) is 12.9. The van der Waals surface area contributed by atoms with Crippen LogP contribution < -0.4 is 0 Å². The molecule has 0 spiro atoms. The molecule has 108 valence electrons. The van der Waals surface area contributed by atoms with Gasteiger partial charge in [-0.1, -0.05) is 48.5 Å². The molecule has 0 aliphatic rings. The van der Waals surface area contributed by atoms with Crippen LogP contribution in [0.4, 0.5) is 0 Å². The second-order valence-electron chi connectivity index (χ2n) is 5.49. The van der Waals surface area contributed by atoms with Crippen molar-refractivity contribution in [3.63, 3.8) is 0 Å². The van der Waals surface area contributed by atoms with E-state index >= 15 is 0 Å². The van der Waals surface area contributed by atoms with Crippen LogP contribution in [0.1, 0.15) is 25.0 Å². The molecule has 22 heavy (non-hydrogen) atoms. The first-order valence-corrected chi connectivity index (χ1v) is 7.30. The van der Waals surface area contributed by atoms with Gasteiger partial charge in [0.25, 0.3) is 0 Å². The summed E-state index contributed by atoms with van der Waals surface area (Å²) >= 11 is 0. The molecule has 1 atom stereocenters. The maximum Gasteiger partial charge on any atom is 0.0944 e. The minimum absolute atomic E-state index is 0.0419. The summed E-state index contributed by atoms with van der Waals surface area (Å²) in [5, 5.41) is 17.7. The fraction of sp³-hybridized carbons (Fsp3) is 0.200. The van der Waals surface area contributed by atoms with Crippen molar-refractivity contribution in [2.24, 2.45) is 5.92 Å². The number of nitriles is 2. The van der Waals surface area contributed by atoms with Crippen LogP contribution in [-0.4, -0.2) is 0 Å². The number of allylic oxidation sites excluding steroid dienone is 1. The summed E-state index contributed by atoms with van der Waals surface area (Å²) in [6.07, 6.45) is 2.66. The molecule has 0 fully saturated rings. The Balaban J connectivity index is 2.16. The molecule has 0 amide bonds. The third kappa shape index (κ3) is 4.08. The van der Waals surface area contributed by atoms with Crippen LogP contribution in [0.3, 0.4) is 0 Å². The second-order valence-corrected chi connectivity index (χ2v) is 5.49. The quantitative estimate of drug-likeness (QED) is 0.744. The average molecular weight is 286 g/mol. The Bertz CT molecular complexity index is 738. The van der Waals surface area contributed by atoms with E-state index in [9.17, 15) is 0 Å². The van der Waals surface area contributed by atoms with E-state index in [2.05, 4.69) is 48.5 Å². The molecular formula is C20H18N2. The van der Waals surface area contributed by atoms with Crippen molar-refractivity contribution in [3.05, 3.63) is 65.2 Å². The van der Waals surface area contributed by atoms with Crippen molar-refractivity contribution < 1.29 is 0 Å². The van der Waals surface area contributed by atoms with E-state index in [-0.39, 0.29) is 5.92 Å². The fourth-order valence-corrected chi connectivity index (χ4v) is 2.29. The Morgan fingerprint density at radius 2 is 1.55 bits per heavy atom. The van der Waals surface area contributed by atoms with Gasteiger partial charge in [0.05, 0.1) is 12.1 Å². The lowest BCUT2D eigenvalue weighted by Crippen LogP contribution is -1.95. The van der Waals surface area contributed by atoms with Gasteiger partial charge < -0.3 is 0 Å². The first-order chi connectivity index (χ1) is 10.6. The van der Waals surface area contributed by atoms with Gasteiger partial charge in [-0.15, -0.1) is 0 Å². The second kappa shape index (κ2) is 7.25. The SMILES string of the molecule is C/C(C#N)=C/c1ccc(-c2ccc(CC(C)C#N)cc2)cc1. The van der Waals surface area contributed by atoms with Gasteiger partial charge in [0.2, 0.25) is 0 Å². The van der Waals surface area contributed by atoms with Gasteiger partial charge in [-0.3, -0.25) is 0 Å². The van der Waals surface area contributed by atoms with Crippen LogP contribution in [0.15, 0.2) is 54.1 Å². The minimum atomic E-state index is 0.0419. The highest BCUT2D eigenvalue weighted by Crippen LogP contribution is 2.22. The lowest BCUT2D eigenvalue weighted by molar-refractivity contribution is 0.739. The van der Waals surface area contributed by atoms with Crippen molar-refractivity contribution in [2.45, 2.75) is 20.3 Å². The standard InChI is InChI=1S/C20H18N2/c1-15(13-21)11-17-3-7-19(8-4-17)20-9-5-18(6-10-20)12-16(2)14-22/h3-11,16H,12H2,1-2H3/b15-11-. The molecule has 0 radical (unpaired) electrons. The molecule has 1 unspecified atom stereocenters. The summed E-state index contributed by atoms with van der Waals surface area (Å²) in [5.74, 6) is 0.0419. The Morgan fingerprint density at radius 3 is 2.05 bits per heavy atom. The van der Waals surface area contributed by atoms with Crippen LogP contribution in [0.25, 0.3) is 17.2 Å². The van der Waals surface area contributed by atoms with Crippen LogP contribution in [0, 0.1) is 28.6 Å². The Morgan fingerprint density at radius 1 is 1.00 bits per heavy atom. The topological polar surface area (TPSA) is 47.6 Å². The average Bonchev–Trinajstić information content (AvgIpc) is 2.56. The maximum atomic E-state index is 8.86. The molecule has 0 aliphatic heterocycles. The number of hydrogen-bond donors (Lipinski definition) is 0. The molecule has 0 N–H and O–H groups in total. The summed E-state index contributed by atoms with van der Waals surface area (Å²) in [5.41, 5.74) is 5.21. The summed E-state index contributed by atoms with van der Waals surface area (Å²) in [4.78, 5) is 0. The third-order valence-corrected chi connectivity index (χ3v) is 3.52. The fourth-order valence-electron chi connectivity index (χ4n) is 2.29. The van der Waals surface area contributed by atoms with E-state index in [1.807, 2.05) is 25.1 Å². The molecule has 0 saturated carbocycles. The van der Waals surface area contributed by atoms with Gasteiger partial charge in [-0.2, -0.15) is 10.5 Å². The zero-order valence-electron chi connectivity index (χ0n) is 12.9. The largest absolute Gasteiger partial charge is 0.198 e. The maximum absolute atomic E-state index is 8.86. The molecule has 0 aliphatic carbocycles. The Hall–Kier alpha value is -2.84. The Labute approximate surface area is 132 Å². The van der Waals surface area contributed by atoms with E-state index < -0.39 is 0 Å². The zero-order chi connectivity index (χ0) is 15.9. The monoisotopic (exact) mass is 286 g/mol. The predicted octanol–water partition coefficient (Wildman–Crippen LogP) is 4.98. The minimum Gasteiger partial charge on any atom is -0.198 e. The molecule has 0 bridgehead atoms. The number of hydrogen-bond acceptors (Lipinski definition) is 2. The highest BCUT2D eigenvalue weighted by atomic mass is 14.3. The molecule has 0 aromatic heterocycles. The summed E-state index contributed by atoms with van der Waals surface area (Å²) in [7, 11) is 0. The van der Waals surface area contributed by atoms with E-state index in [0.29, 0.717) is 5.57 Å². The van der Waals surface area contributed by atoms with Crippen molar-refractivity contribution in [2.75, 3.05) is 0 Å². The predicted molar refractivity (Wildman–Crippen MR) is 89.6 cm³/mol. The van der Waals surface area contributed by atoms with Gasteiger partial charge in [-0.05, 0) is 48.6 Å². The molecule has 2 aromatic rings. The number of benzene rings is 2. The summed E-state index contributed by atoms with van der Waals surface area (Å²) in [6, 6.07) is 20.9. The molecule has 2 rings (SSSR count). The first-order valence-electron chi connectivity index (χ1n) is 7.30. The normalized spacial score (nSPS) is 12.3. The highest BCUT2D eigenvalue weighted by Gasteiger charge is 2.03. The smallest absolute Gasteiger partial charge is 0.0944 e. The number of rotatable bonds is 4. The van der Waals surface area contributed by atoms with Gasteiger partial charge in [0.1, 0.15) is 0 Å². The van der Waals surface area contributed by atoms with Crippen LogP contribution >= 0.6 is 0 Å². The lowest BCUT2D eigenvalue weighted by atomic mass is 9.98. The lowest BCUT2D eigenvalue weighted by Gasteiger charge is -2.06.